The van der Waals surface area contributed by atoms with Crippen molar-refractivity contribution < 1.29 is 4.92 Å². The average Bonchev–Trinajstić information content (AvgIpc) is 3.54. The van der Waals surface area contributed by atoms with E-state index in [0.29, 0.717) is 5.69 Å². The molecular weight excluding hydrogens is 785 g/mol. The third kappa shape index (κ3) is 9.79. The van der Waals surface area contributed by atoms with Gasteiger partial charge in [0.2, 0.25) is 0 Å². The summed E-state index contributed by atoms with van der Waals surface area (Å²) >= 11 is 2.72. The normalized spacial score (nSPS) is 15.0. The maximum absolute atomic E-state index is 11.9. The van der Waals surface area contributed by atoms with Crippen LogP contribution in [0.2, 0.25) is 0 Å². The molecule has 0 radical (unpaired) electrons. The fourth-order valence-electron chi connectivity index (χ4n) is 8.32. The molecule has 8 rings (SSSR count). The summed E-state index contributed by atoms with van der Waals surface area (Å²) in [5, 5.41) is 11.9. The maximum Gasteiger partial charge on any atom is 0.294 e. The molecule has 310 valence electrons. The topological polar surface area (TPSA) is 85.1 Å². The summed E-state index contributed by atoms with van der Waals surface area (Å²) in [6.45, 7) is 11.8. The van der Waals surface area contributed by atoms with Crippen LogP contribution in [0.3, 0.4) is 0 Å². The molecule has 12 heteroatoms. The predicted molar refractivity (Wildman–Crippen MR) is 253 cm³/mol. The number of nitro groups is 1. The van der Waals surface area contributed by atoms with Crippen LogP contribution in [0, 0.1) is 17.0 Å². The number of aromatic nitrogens is 1. The summed E-state index contributed by atoms with van der Waals surface area (Å²) in [6, 6.07) is 43.6. The Hall–Kier alpha value is -5.40. The van der Waals surface area contributed by atoms with Gasteiger partial charge in [-0.1, -0.05) is 60.7 Å². The molecule has 10 nitrogen and oxygen atoms in total. The fourth-order valence-corrected chi connectivity index (χ4v) is 9.69. The van der Waals surface area contributed by atoms with Gasteiger partial charge < -0.3 is 33.6 Å². The zero-order chi connectivity index (χ0) is 41.4. The van der Waals surface area contributed by atoms with Crippen molar-refractivity contribution in [1.82, 2.24) is 14.4 Å². The van der Waals surface area contributed by atoms with E-state index in [9.17, 15) is 10.1 Å². The number of nitro benzene ring substituents is 1. The third-order valence-electron chi connectivity index (χ3n) is 11.8. The first-order valence-electron chi connectivity index (χ1n) is 20.8. The third-order valence-corrected chi connectivity index (χ3v) is 13.5. The molecule has 2 aliphatic rings. The summed E-state index contributed by atoms with van der Waals surface area (Å²) in [4.78, 5) is 23.3. The Bertz CT molecular complexity index is 2360. The van der Waals surface area contributed by atoms with Gasteiger partial charge in [-0.15, -0.1) is 0 Å². The van der Waals surface area contributed by atoms with Crippen LogP contribution < -0.4 is 19.2 Å². The van der Waals surface area contributed by atoms with E-state index in [1.54, 1.807) is 12.1 Å². The van der Waals surface area contributed by atoms with E-state index >= 15 is 0 Å². The van der Waals surface area contributed by atoms with Gasteiger partial charge in [0.1, 0.15) is 5.69 Å². The number of nitrogens with zero attached hydrogens (tertiary/aromatic N) is 6. The van der Waals surface area contributed by atoms with Crippen molar-refractivity contribution in [1.29, 1.82) is 0 Å². The van der Waals surface area contributed by atoms with Crippen LogP contribution >= 0.6 is 23.9 Å². The molecule has 0 atom stereocenters. The van der Waals surface area contributed by atoms with E-state index in [-0.39, 0.29) is 10.6 Å². The first-order chi connectivity index (χ1) is 29.3. The average molecular weight is 839 g/mol. The molecule has 2 saturated heterocycles. The molecule has 0 unspecified atom stereocenters. The number of nitrogens with one attached hydrogen (secondary N) is 2. The summed E-state index contributed by atoms with van der Waals surface area (Å²) in [7, 11) is 4.45. The lowest BCUT2D eigenvalue weighted by molar-refractivity contribution is -0.384. The first-order valence-corrected chi connectivity index (χ1v) is 22.5. The van der Waals surface area contributed by atoms with Gasteiger partial charge in [-0.3, -0.25) is 10.1 Å². The second-order valence-electron chi connectivity index (χ2n) is 15.7. The number of piperazine rings is 2. The van der Waals surface area contributed by atoms with Gasteiger partial charge in [-0.05, 0) is 135 Å². The van der Waals surface area contributed by atoms with E-state index < -0.39 is 0 Å². The van der Waals surface area contributed by atoms with E-state index in [4.69, 9.17) is 0 Å². The van der Waals surface area contributed by atoms with Gasteiger partial charge in [0.25, 0.3) is 5.69 Å². The molecule has 5 aromatic carbocycles. The molecule has 0 amide bonds. The predicted octanol–water partition coefficient (Wildman–Crippen LogP) is 10.3. The van der Waals surface area contributed by atoms with Gasteiger partial charge >= 0.3 is 0 Å². The van der Waals surface area contributed by atoms with E-state index in [1.165, 1.54) is 68.9 Å². The summed E-state index contributed by atoms with van der Waals surface area (Å²) < 4.78 is 8.91. The molecule has 0 aliphatic carbocycles. The molecule has 2 aliphatic heterocycles. The molecule has 60 heavy (non-hydrogen) atoms. The lowest BCUT2D eigenvalue weighted by Gasteiger charge is -2.37. The quantitative estimate of drug-likeness (QED) is 0.0592. The van der Waals surface area contributed by atoms with Crippen LogP contribution in [0.25, 0.3) is 22.4 Å². The summed E-state index contributed by atoms with van der Waals surface area (Å²) in [6.07, 6.45) is 2.21. The Morgan fingerprint density at radius 3 is 2.00 bits per heavy atom. The van der Waals surface area contributed by atoms with Crippen molar-refractivity contribution in [3.05, 3.63) is 149 Å². The Balaban J connectivity index is 0.904. The number of hydrogen-bond donors (Lipinski definition) is 2. The minimum atomic E-state index is -0.344. The summed E-state index contributed by atoms with van der Waals surface area (Å²) in [5.41, 5.74) is 11.9. The van der Waals surface area contributed by atoms with Gasteiger partial charge in [-0.2, -0.15) is 0 Å². The zero-order valence-electron chi connectivity index (χ0n) is 34.7. The van der Waals surface area contributed by atoms with Crippen molar-refractivity contribution in [2.24, 2.45) is 7.05 Å². The lowest BCUT2D eigenvalue weighted by atomic mass is 9.94. The highest BCUT2D eigenvalue weighted by Crippen LogP contribution is 2.41. The van der Waals surface area contributed by atoms with Crippen LogP contribution in [0.5, 0.6) is 0 Å². The second kappa shape index (κ2) is 19.3. The van der Waals surface area contributed by atoms with Crippen LogP contribution in [0.4, 0.5) is 28.4 Å². The number of likely N-dealkylation sites (N-methyl/N-ethyl adjacent to an activating group) is 1. The molecule has 2 fully saturated rings. The Morgan fingerprint density at radius 1 is 0.650 bits per heavy atom. The van der Waals surface area contributed by atoms with Crippen LogP contribution in [-0.2, 0) is 13.5 Å². The standard InChI is InChI=1S/C48H54N8O2S2/c1-36-44(18-11-25-53-28-26-51(2)27-29-53)47(48(52(36)3)37-12-6-4-7-13-37)38-14-10-15-41(34-38)55-32-30-54(31-33-55)40-21-19-39(20-22-40)49-60-43-23-24-45(46(35-43)56(57)58)50-59-42-16-8-5-9-17-42/h4-10,12-17,19-24,34-35,49-50H,11,18,25-33H2,1-3H3. The highest BCUT2D eigenvalue weighted by molar-refractivity contribution is 8.00. The monoisotopic (exact) mass is 838 g/mol. The molecular formula is C48H54N8O2S2. The number of rotatable bonds is 15. The first kappa shape index (κ1) is 41.3. The Labute approximate surface area is 363 Å². The number of benzene rings is 5. The number of anilines is 4. The highest BCUT2D eigenvalue weighted by Gasteiger charge is 2.24. The van der Waals surface area contributed by atoms with E-state index in [1.807, 2.05) is 36.4 Å². The van der Waals surface area contributed by atoms with Crippen molar-refractivity contribution in [3.8, 4) is 22.4 Å². The summed E-state index contributed by atoms with van der Waals surface area (Å²) in [5.74, 6) is 0. The Kier molecular flexibility index (Phi) is 13.3. The second-order valence-corrected chi connectivity index (χ2v) is 17.4. The largest absolute Gasteiger partial charge is 0.368 e. The molecule has 3 heterocycles. The maximum atomic E-state index is 11.9. The minimum Gasteiger partial charge on any atom is -0.368 e. The van der Waals surface area contributed by atoms with Crippen molar-refractivity contribution in [3.63, 3.8) is 0 Å². The Morgan fingerprint density at radius 2 is 1.30 bits per heavy atom. The lowest BCUT2D eigenvalue weighted by Crippen LogP contribution is -2.46. The molecule has 0 bridgehead atoms. The van der Waals surface area contributed by atoms with Gasteiger partial charge in [0.05, 0.1) is 10.6 Å². The van der Waals surface area contributed by atoms with Gasteiger partial charge in [0.15, 0.2) is 0 Å². The molecule has 6 aromatic rings. The molecule has 1 aromatic heterocycles. The van der Waals surface area contributed by atoms with Gasteiger partial charge in [0, 0.05) is 104 Å². The van der Waals surface area contributed by atoms with Gasteiger partial charge in [-0.25, -0.2) is 0 Å². The zero-order valence-corrected chi connectivity index (χ0v) is 36.4. The molecule has 2 N–H and O–H groups in total. The molecule has 0 spiro atoms. The van der Waals surface area contributed by atoms with Crippen LogP contribution in [-0.4, -0.2) is 85.2 Å². The minimum absolute atomic E-state index is 0.0375. The molecule has 0 saturated carbocycles. The van der Waals surface area contributed by atoms with Crippen molar-refractivity contribution in [2.75, 3.05) is 85.2 Å². The van der Waals surface area contributed by atoms with Crippen LogP contribution in [0.15, 0.2) is 137 Å². The fraction of sp³-hybridized carbons (Fsp3) is 0.292. The smallest absolute Gasteiger partial charge is 0.294 e. The highest BCUT2D eigenvalue weighted by atomic mass is 32.2. The van der Waals surface area contributed by atoms with Crippen LogP contribution in [0.1, 0.15) is 17.7 Å². The SMILES string of the molecule is Cc1c(CCCN2CCN(C)CC2)c(-c2cccc(N3CCN(c4ccc(NSc5ccc(NSc6ccccc6)c([N+](=O)[O-])c5)cc4)CC3)c2)c(-c2ccccc2)n1C. The van der Waals surface area contributed by atoms with E-state index in [2.05, 4.69) is 133 Å². The van der Waals surface area contributed by atoms with E-state index in [0.717, 1.165) is 87.2 Å². The van der Waals surface area contributed by atoms with Crippen molar-refractivity contribution in [2.45, 2.75) is 29.6 Å². The number of hydrogen-bond acceptors (Lipinski definition) is 10. The van der Waals surface area contributed by atoms with Crippen molar-refractivity contribution >= 4 is 52.3 Å².